The number of anilines is 1. The molecule has 0 saturated heterocycles. The van der Waals surface area contributed by atoms with Crippen molar-refractivity contribution in [2.24, 2.45) is 5.73 Å². The van der Waals surface area contributed by atoms with Gasteiger partial charge in [-0.1, -0.05) is 6.07 Å². The maximum absolute atomic E-state index is 13.2. The zero-order valence-corrected chi connectivity index (χ0v) is 10.4. The van der Waals surface area contributed by atoms with E-state index >= 15 is 0 Å². The summed E-state index contributed by atoms with van der Waals surface area (Å²) in [5.41, 5.74) is 7.51. The molecule has 0 radical (unpaired) electrons. The third-order valence-corrected chi connectivity index (χ3v) is 2.94. The summed E-state index contributed by atoms with van der Waals surface area (Å²) in [6.45, 7) is 3.87. The predicted molar refractivity (Wildman–Crippen MR) is 69.7 cm³/mol. The molecule has 0 fully saturated rings. The Labute approximate surface area is 106 Å². The van der Waals surface area contributed by atoms with Crippen molar-refractivity contribution in [1.82, 2.24) is 0 Å². The van der Waals surface area contributed by atoms with E-state index in [-0.39, 0.29) is 5.82 Å². The van der Waals surface area contributed by atoms with Crippen molar-refractivity contribution in [2.75, 3.05) is 11.4 Å². The minimum Gasteiger partial charge on any atom is -0.468 e. The fraction of sp³-hybridized carbons (Fsp3) is 0.286. The third kappa shape index (κ3) is 2.71. The van der Waals surface area contributed by atoms with Crippen LogP contribution < -0.4 is 10.6 Å². The van der Waals surface area contributed by atoms with E-state index in [0.717, 1.165) is 23.6 Å². The first kappa shape index (κ1) is 12.6. The molecule has 0 aliphatic heterocycles. The van der Waals surface area contributed by atoms with Crippen LogP contribution in [0.1, 0.15) is 18.2 Å². The molecule has 3 nitrogen and oxygen atoms in total. The molecular weight excluding hydrogens is 231 g/mol. The van der Waals surface area contributed by atoms with Gasteiger partial charge >= 0.3 is 0 Å². The Morgan fingerprint density at radius 1 is 1.33 bits per heavy atom. The first-order chi connectivity index (χ1) is 8.74. The van der Waals surface area contributed by atoms with Crippen molar-refractivity contribution in [3.05, 3.63) is 53.7 Å². The fourth-order valence-corrected chi connectivity index (χ4v) is 1.95. The van der Waals surface area contributed by atoms with Gasteiger partial charge in [0, 0.05) is 24.3 Å². The first-order valence-corrected chi connectivity index (χ1v) is 6.00. The normalized spacial score (nSPS) is 10.6. The van der Waals surface area contributed by atoms with Crippen molar-refractivity contribution in [3.63, 3.8) is 0 Å². The van der Waals surface area contributed by atoms with Gasteiger partial charge in [0.2, 0.25) is 0 Å². The van der Waals surface area contributed by atoms with Crippen LogP contribution in [0.4, 0.5) is 10.1 Å². The van der Waals surface area contributed by atoms with E-state index in [2.05, 4.69) is 4.90 Å². The van der Waals surface area contributed by atoms with Crippen molar-refractivity contribution in [1.29, 1.82) is 0 Å². The minimum absolute atomic E-state index is 0.225. The fourth-order valence-electron chi connectivity index (χ4n) is 1.95. The highest BCUT2D eigenvalue weighted by atomic mass is 19.1. The van der Waals surface area contributed by atoms with Crippen LogP contribution in [0.3, 0.4) is 0 Å². The van der Waals surface area contributed by atoms with E-state index in [1.54, 1.807) is 12.3 Å². The average molecular weight is 248 g/mol. The molecule has 1 aromatic carbocycles. The summed E-state index contributed by atoms with van der Waals surface area (Å²) in [4.78, 5) is 2.08. The summed E-state index contributed by atoms with van der Waals surface area (Å²) < 4.78 is 18.5. The summed E-state index contributed by atoms with van der Waals surface area (Å²) in [6.07, 6.45) is 1.64. The molecule has 2 aromatic rings. The van der Waals surface area contributed by atoms with Crippen LogP contribution in [0, 0.1) is 5.82 Å². The number of halogens is 1. The number of furan rings is 1. The number of benzene rings is 1. The average Bonchev–Trinajstić information content (AvgIpc) is 2.83. The molecule has 18 heavy (non-hydrogen) atoms. The predicted octanol–water partition coefficient (Wildman–Crippen LogP) is 2.90. The molecule has 0 unspecified atom stereocenters. The molecule has 0 saturated carbocycles. The Hall–Kier alpha value is -1.81. The lowest BCUT2D eigenvalue weighted by atomic mass is 10.2. The number of nitrogens with zero attached hydrogens (tertiary/aromatic N) is 1. The van der Waals surface area contributed by atoms with E-state index in [1.807, 2.05) is 19.1 Å². The van der Waals surface area contributed by atoms with Crippen LogP contribution in [0.25, 0.3) is 0 Å². The van der Waals surface area contributed by atoms with Crippen LogP contribution in [-0.2, 0) is 13.1 Å². The Balaban J connectivity index is 2.20. The van der Waals surface area contributed by atoms with Gasteiger partial charge in [-0.05, 0) is 31.2 Å². The SMILES string of the molecule is CCN(Cc1ccoc1CN)c1cccc(F)c1. The molecule has 0 spiro atoms. The molecule has 1 aromatic heterocycles. The standard InChI is InChI=1S/C14H17FN2O/c1-2-17(13-5-3-4-12(15)8-13)10-11-6-7-18-14(11)9-16/h3-8H,2,9-10,16H2,1H3. The molecule has 1 heterocycles. The number of hydrogen-bond donors (Lipinski definition) is 1. The molecule has 4 heteroatoms. The Morgan fingerprint density at radius 2 is 2.17 bits per heavy atom. The topological polar surface area (TPSA) is 42.4 Å². The van der Waals surface area contributed by atoms with Gasteiger partial charge in [0.25, 0.3) is 0 Å². The van der Waals surface area contributed by atoms with Crippen molar-refractivity contribution < 1.29 is 8.81 Å². The van der Waals surface area contributed by atoms with Gasteiger partial charge < -0.3 is 15.1 Å². The largest absolute Gasteiger partial charge is 0.468 e. The summed E-state index contributed by atoms with van der Waals surface area (Å²) in [5, 5.41) is 0. The summed E-state index contributed by atoms with van der Waals surface area (Å²) in [6, 6.07) is 8.50. The van der Waals surface area contributed by atoms with Gasteiger partial charge in [0.15, 0.2) is 0 Å². The second-order valence-corrected chi connectivity index (χ2v) is 4.07. The Morgan fingerprint density at radius 3 is 2.83 bits per heavy atom. The maximum atomic E-state index is 13.2. The summed E-state index contributed by atoms with van der Waals surface area (Å²) in [7, 11) is 0. The Bertz CT molecular complexity index is 510. The van der Waals surface area contributed by atoms with Crippen LogP contribution >= 0.6 is 0 Å². The second-order valence-electron chi connectivity index (χ2n) is 4.07. The van der Waals surface area contributed by atoms with Gasteiger partial charge in [0.05, 0.1) is 12.8 Å². The quantitative estimate of drug-likeness (QED) is 0.884. The van der Waals surface area contributed by atoms with Gasteiger partial charge in [-0.15, -0.1) is 0 Å². The zero-order chi connectivity index (χ0) is 13.0. The summed E-state index contributed by atoms with van der Waals surface area (Å²) >= 11 is 0. The minimum atomic E-state index is -0.225. The summed E-state index contributed by atoms with van der Waals surface area (Å²) in [5.74, 6) is 0.557. The highest BCUT2D eigenvalue weighted by molar-refractivity contribution is 5.47. The lowest BCUT2D eigenvalue weighted by Crippen LogP contribution is -2.22. The molecule has 2 N–H and O–H groups in total. The van der Waals surface area contributed by atoms with Crippen molar-refractivity contribution in [3.8, 4) is 0 Å². The molecular formula is C14H17FN2O. The molecule has 0 bridgehead atoms. The molecule has 0 aliphatic rings. The number of hydrogen-bond acceptors (Lipinski definition) is 3. The third-order valence-electron chi connectivity index (χ3n) is 2.94. The molecule has 96 valence electrons. The monoisotopic (exact) mass is 248 g/mol. The molecule has 0 atom stereocenters. The van der Waals surface area contributed by atoms with Crippen LogP contribution in [0.5, 0.6) is 0 Å². The van der Waals surface area contributed by atoms with Crippen LogP contribution in [0.15, 0.2) is 41.0 Å². The van der Waals surface area contributed by atoms with Gasteiger partial charge in [-0.2, -0.15) is 0 Å². The zero-order valence-electron chi connectivity index (χ0n) is 10.4. The number of nitrogens with two attached hydrogens (primary N) is 1. The highest BCUT2D eigenvalue weighted by Crippen LogP contribution is 2.20. The first-order valence-electron chi connectivity index (χ1n) is 6.00. The van der Waals surface area contributed by atoms with E-state index < -0.39 is 0 Å². The van der Waals surface area contributed by atoms with E-state index in [9.17, 15) is 4.39 Å². The second kappa shape index (κ2) is 5.69. The van der Waals surface area contributed by atoms with Gasteiger partial charge in [0.1, 0.15) is 11.6 Å². The number of rotatable bonds is 5. The smallest absolute Gasteiger partial charge is 0.125 e. The van der Waals surface area contributed by atoms with Crippen molar-refractivity contribution in [2.45, 2.75) is 20.0 Å². The Kier molecular flexibility index (Phi) is 3.99. The molecule has 0 aliphatic carbocycles. The lowest BCUT2D eigenvalue weighted by Gasteiger charge is -2.23. The highest BCUT2D eigenvalue weighted by Gasteiger charge is 2.10. The van der Waals surface area contributed by atoms with E-state index in [4.69, 9.17) is 10.2 Å². The van der Waals surface area contributed by atoms with E-state index in [0.29, 0.717) is 13.1 Å². The maximum Gasteiger partial charge on any atom is 0.125 e. The van der Waals surface area contributed by atoms with Crippen LogP contribution in [0.2, 0.25) is 0 Å². The van der Waals surface area contributed by atoms with Gasteiger partial charge in [-0.3, -0.25) is 0 Å². The lowest BCUT2D eigenvalue weighted by molar-refractivity contribution is 0.506. The molecule has 0 amide bonds. The van der Waals surface area contributed by atoms with Gasteiger partial charge in [-0.25, -0.2) is 4.39 Å². The molecule has 2 rings (SSSR count). The van der Waals surface area contributed by atoms with Crippen LogP contribution in [-0.4, -0.2) is 6.54 Å². The van der Waals surface area contributed by atoms with Crippen molar-refractivity contribution >= 4 is 5.69 Å². The van der Waals surface area contributed by atoms with E-state index in [1.165, 1.54) is 12.1 Å².